The number of imidazole rings is 1. The highest BCUT2D eigenvalue weighted by Crippen LogP contribution is 1.99. The molecule has 7 heteroatoms. The van der Waals surface area contributed by atoms with Gasteiger partial charge in [0.2, 0.25) is 11.8 Å². The van der Waals surface area contributed by atoms with Gasteiger partial charge >= 0.3 is 0 Å². The molecule has 0 saturated carbocycles. The second-order valence-electron chi connectivity index (χ2n) is 4.45. The molecule has 0 fully saturated rings. The topological polar surface area (TPSA) is 98.3 Å². The third kappa shape index (κ3) is 5.09. The molecule has 0 aliphatic rings. The molecule has 2 amide bonds. The molecule has 106 valence electrons. The molecule has 1 heterocycles. The van der Waals surface area contributed by atoms with Gasteiger partial charge in [-0.15, -0.1) is 0 Å². The molecule has 0 atom stereocenters. The second kappa shape index (κ2) is 7.52. The lowest BCUT2D eigenvalue weighted by atomic mass is 10.2. The first kappa shape index (κ1) is 15.2. The summed E-state index contributed by atoms with van der Waals surface area (Å²) >= 11 is 0. The summed E-state index contributed by atoms with van der Waals surface area (Å²) in [5.41, 5.74) is 0. The Labute approximate surface area is 112 Å². The van der Waals surface area contributed by atoms with E-state index < -0.39 is 0 Å². The number of hydrogen-bond acceptors (Lipinski definition) is 4. The van der Waals surface area contributed by atoms with Crippen molar-refractivity contribution in [3.63, 3.8) is 0 Å². The lowest BCUT2D eigenvalue weighted by Gasteiger charge is -2.21. The standard InChI is InChI=1S/C12H20N4O3/c1-9(2)12(19)15-7-11(18)16(5-6-17)8-10-13-3-4-14-10/h3-4,9,17H,5-8H2,1-2H3,(H,13,14)(H,15,19). The minimum Gasteiger partial charge on any atom is -0.395 e. The number of rotatable bonds is 7. The van der Waals surface area contributed by atoms with Crippen molar-refractivity contribution in [1.82, 2.24) is 20.2 Å². The van der Waals surface area contributed by atoms with E-state index in [2.05, 4.69) is 15.3 Å². The van der Waals surface area contributed by atoms with E-state index in [1.165, 1.54) is 4.90 Å². The van der Waals surface area contributed by atoms with Gasteiger partial charge in [0.1, 0.15) is 5.82 Å². The predicted octanol–water partition coefficient (Wildman–Crippen LogP) is -0.497. The maximum absolute atomic E-state index is 11.9. The van der Waals surface area contributed by atoms with Crippen molar-refractivity contribution < 1.29 is 14.7 Å². The van der Waals surface area contributed by atoms with Gasteiger partial charge in [0.05, 0.1) is 19.7 Å². The summed E-state index contributed by atoms with van der Waals surface area (Å²) in [6.45, 7) is 3.80. The lowest BCUT2D eigenvalue weighted by molar-refractivity contribution is -0.134. The molecule has 0 unspecified atom stereocenters. The number of H-pyrrole nitrogens is 1. The maximum atomic E-state index is 11.9. The number of nitrogens with one attached hydrogen (secondary N) is 2. The number of amides is 2. The summed E-state index contributed by atoms with van der Waals surface area (Å²) in [5, 5.41) is 11.5. The van der Waals surface area contributed by atoms with Crippen LogP contribution < -0.4 is 5.32 Å². The monoisotopic (exact) mass is 268 g/mol. The first-order valence-corrected chi connectivity index (χ1v) is 6.19. The van der Waals surface area contributed by atoms with Crippen molar-refractivity contribution in [2.24, 2.45) is 5.92 Å². The molecule has 1 aromatic rings. The Morgan fingerprint density at radius 3 is 2.79 bits per heavy atom. The Morgan fingerprint density at radius 2 is 2.26 bits per heavy atom. The van der Waals surface area contributed by atoms with Crippen molar-refractivity contribution in [2.75, 3.05) is 19.7 Å². The van der Waals surface area contributed by atoms with Gasteiger partial charge in [0.25, 0.3) is 0 Å². The van der Waals surface area contributed by atoms with Gasteiger partial charge in [0, 0.05) is 24.9 Å². The first-order valence-electron chi connectivity index (χ1n) is 6.19. The minimum atomic E-state index is -0.251. The molecule has 1 aromatic heterocycles. The fourth-order valence-corrected chi connectivity index (χ4v) is 1.46. The van der Waals surface area contributed by atoms with Gasteiger partial charge in [-0.05, 0) is 0 Å². The number of carbonyl (C=O) groups is 2. The largest absolute Gasteiger partial charge is 0.395 e. The number of aromatic nitrogens is 2. The smallest absolute Gasteiger partial charge is 0.242 e. The minimum absolute atomic E-state index is 0.0717. The van der Waals surface area contributed by atoms with Gasteiger partial charge < -0.3 is 20.3 Å². The maximum Gasteiger partial charge on any atom is 0.242 e. The Morgan fingerprint density at radius 1 is 1.53 bits per heavy atom. The van der Waals surface area contributed by atoms with Crippen molar-refractivity contribution >= 4 is 11.8 Å². The Balaban J connectivity index is 2.50. The third-order valence-corrected chi connectivity index (χ3v) is 2.56. The molecular formula is C12H20N4O3. The van der Waals surface area contributed by atoms with Crippen LogP contribution in [0.4, 0.5) is 0 Å². The SMILES string of the molecule is CC(C)C(=O)NCC(=O)N(CCO)Cc1ncc[nH]1. The molecule has 0 bridgehead atoms. The highest BCUT2D eigenvalue weighted by Gasteiger charge is 2.16. The molecule has 0 aliphatic carbocycles. The second-order valence-corrected chi connectivity index (χ2v) is 4.45. The summed E-state index contributed by atoms with van der Waals surface area (Å²) in [7, 11) is 0. The zero-order valence-electron chi connectivity index (χ0n) is 11.2. The van der Waals surface area contributed by atoms with Crippen molar-refractivity contribution in [3.8, 4) is 0 Å². The van der Waals surface area contributed by atoms with E-state index in [0.717, 1.165) is 0 Å². The van der Waals surface area contributed by atoms with Gasteiger partial charge in [-0.1, -0.05) is 13.8 Å². The molecule has 0 aromatic carbocycles. The molecule has 0 radical (unpaired) electrons. The van der Waals surface area contributed by atoms with E-state index in [1.807, 2.05) is 0 Å². The van der Waals surface area contributed by atoms with Gasteiger partial charge in [-0.25, -0.2) is 4.98 Å². The number of aliphatic hydroxyl groups excluding tert-OH is 1. The third-order valence-electron chi connectivity index (χ3n) is 2.56. The fourth-order valence-electron chi connectivity index (χ4n) is 1.46. The molecule has 0 saturated heterocycles. The number of aromatic amines is 1. The highest BCUT2D eigenvalue weighted by molar-refractivity contribution is 5.85. The van der Waals surface area contributed by atoms with E-state index in [1.54, 1.807) is 26.2 Å². The van der Waals surface area contributed by atoms with E-state index in [4.69, 9.17) is 5.11 Å². The van der Waals surface area contributed by atoms with Gasteiger partial charge in [0.15, 0.2) is 0 Å². The van der Waals surface area contributed by atoms with Crippen LogP contribution in [-0.4, -0.2) is 51.5 Å². The van der Waals surface area contributed by atoms with Crippen LogP contribution in [0.2, 0.25) is 0 Å². The normalized spacial score (nSPS) is 10.5. The van der Waals surface area contributed by atoms with E-state index in [9.17, 15) is 9.59 Å². The summed E-state index contributed by atoms with van der Waals surface area (Å²) in [5.74, 6) is 0.0518. The summed E-state index contributed by atoms with van der Waals surface area (Å²) < 4.78 is 0. The average Bonchev–Trinajstić information content (AvgIpc) is 2.87. The van der Waals surface area contributed by atoms with Crippen LogP contribution in [0.1, 0.15) is 19.7 Å². The zero-order chi connectivity index (χ0) is 14.3. The summed E-state index contributed by atoms with van der Waals surface area (Å²) in [6.07, 6.45) is 3.26. The molecule has 0 spiro atoms. The molecule has 3 N–H and O–H groups in total. The van der Waals surface area contributed by atoms with Crippen LogP contribution >= 0.6 is 0 Å². The Hall–Kier alpha value is -1.89. The van der Waals surface area contributed by atoms with Crippen LogP contribution in [0, 0.1) is 5.92 Å². The van der Waals surface area contributed by atoms with Crippen LogP contribution in [0.3, 0.4) is 0 Å². The van der Waals surface area contributed by atoms with E-state index in [0.29, 0.717) is 5.82 Å². The molecule has 7 nitrogen and oxygen atoms in total. The number of aliphatic hydroxyl groups is 1. The van der Waals surface area contributed by atoms with E-state index in [-0.39, 0.29) is 44.0 Å². The summed E-state index contributed by atoms with van der Waals surface area (Å²) in [4.78, 5) is 31.7. The van der Waals surface area contributed by atoms with Crippen LogP contribution in [-0.2, 0) is 16.1 Å². The van der Waals surface area contributed by atoms with Crippen LogP contribution in [0.25, 0.3) is 0 Å². The fraction of sp³-hybridized carbons (Fsp3) is 0.583. The molecule has 1 rings (SSSR count). The van der Waals surface area contributed by atoms with Gasteiger partial charge in [-0.3, -0.25) is 9.59 Å². The first-order chi connectivity index (χ1) is 9.04. The molecule has 0 aliphatic heterocycles. The summed E-state index contributed by atoms with van der Waals surface area (Å²) in [6, 6.07) is 0. The number of nitrogens with zero attached hydrogens (tertiary/aromatic N) is 2. The lowest BCUT2D eigenvalue weighted by Crippen LogP contribution is -2.42. The van der Waals surface area contributed by atoms with Gasteiger partial charge in [-0.2, -0.15) is 0 Å². The highest BCUT2D eigenvalue weighted by atomic mass is 16.3. The van der Waals surface area contributed by atoms with Crippen molar-refractivity contribution in [2.45, 2.75) is 20.4 Å². The predicted molar refractivity (Wildman–Crippen MR) is 68.9 cm³/mol. The molecular weight excluding hydrogens is 248 g/mol. The zero-order valence-corrected chi connectivity index (χ0v) is 11.2. The van der Waals surface area contributed by atoms with E-state index >= 15 is 0 Å². The van der Waals surface area contributed by atoms with Crippen LogP contribution in [0.15, 0.2) is 12.4 Å². The Bertz CT molecular complexity index is 403. The number of carbonyl (C=O) groups excluding carboxylic acids is 2. The average molecular weight is 268 g/mol. The van der Waals surface area contributed by atoms with Crippen molar-refractivity contribution in [3.05, 3.63) is 18.2 Å². The Kier molecular flexibility index (Phi) is 6.01. The molecule has 19 heavy (non-hydrogen) atoms. The van der Waals surface area contributed by atoms with Crippen molar-refractivity contribution in [1.29, 1.82) is 0 Å². The quantitative estimate of drug-likeness (QED) is 0.621. The number of hydrogen-bond donors (Lipinski definition) is 3. The van der Waals surface area contributed by atoms with Crippen LogP contribution in [0.5, 0.6) is 0 Å².